The van der Waals surface area contributed by atoms with Crippen molar-refractivity contribution in [3.05, 3.63) is 47.0 Å². The highest BCUT2D eigenvalue weighted by Gasteiger charge is 2.38. The minimum atomic E-state index is -4.77. The molecule has 2 aromatic rings. The molecule has 0 radical (unpaired) electrons. The molecule has 29 heavy (non-hydrogen) atoms. The van der Waals surface area contributed by atoms with Crippen molar-refractivity contribution in [3.8, 4) is 6.01 Å². The number of nitrogens with zero attached hydrogens (tertiary/aromatic N) is 4. The number of benzene rings is 1. The van der Waals surface area contributed by atoms with Crippen LogP contribution in [-0.4, -0.2) is 47.7 Å². The summed E-state index contributed by atoms with van der Waals surface area (Å²) in [5.41, 5.74) is 0.0741. The Balaban J connectivity index is 1.53. The zero-order valence-corrected chi connectivity index (χ0v) is 16.0. The van der Waals surface area contributed by atoms with Gasteiger partial charge in [-0.1, -0.05) is 6.07 Å². The maximum Gasteiger partial charge on any atom is 0.421 e. The van der Waals surface area contributed by atoms with E-state index in [4.69, 9.17) is 4.74 Å². The summed E-state index contributed by atoms with van der Waals surface area (Å²) in [5, 5.41) is 0. The quantitative estimate of drug-likeness (QED) is 0.720. The zero-order chi connectivity index (χ0) is 20.6. The third-order valence-corrected chi connectivity index (χ3v) is 5.62. The number of fused-ring (bicyclic) bond motifs is 1. The average Bonchev–Trinajstić information content (AvgIpc) is 3.09. The van der Waals surface area contributed by atoms with E-state index in [0.29, 0.717) is 31.3 Å². The highest BCUT2D eigenvalue weighted by molar-refractivity contribution is 5.57. The Hall–Kier alpha value is -2.42. The number of anilines is 1. The Morgan fingerprint density at radius 1 is 1.24 bits per heavy atom. The second-order valence-corrected chi connectivity index (χ2v) is 7.52. The van der Waals surface area contributed by atoms with Gasteiger partial charge in [-0.2, -0.15) is 18.2 Å². The lowest BCUT2D eigenvalue weighted by Crippen LogP contribution is -2.33. The first-order chi connectivity index (χ1) is 13.8. The summed E-state index contributed by atoms with van der Waals surface area (Å²) in [5.74, 6) is -1.27. The van der Waals surface area contributed by atoms with E-state index in [2.05, 4.69) is 14.9 Å². The molecular formula is C20H22F4N4O. The molecule has 2 aliphatic rings. The Labute approximate surface area is 166 Å². The first kappa shape index (κ1) is 19.9. The normalized spacial score (nSPS) is 20.0. The van der Waals surface area contributed by atoms with Crippen molar-refractivity contribution < 1.29 is 22.3 Å². The van der Waals surface area contributed by atoms with E-state index in [1.165, 1.54) is 17.0 Å². The van der Waals surface area contributed by atoms with Crippen LogP contribution in [0.25, 0.3) is 0 Å². The Morgan fingerprint density at radius 3 is 2.79 bits per heavy atom. The Bertz CT molecular complexity index is 889. The van der Waals surface area contributed by atoms with Gasteiger partial charge in [0, 0.05) is 18.8 Å². The molecule has 1 aromatic carbocycles. The van der Waals surface area contributed by atoms with Crippen molar-refractivity contribution in [1.82, 2.24) is 14.9 Å². The monoisotopic (exact) mass is 410 g/mol. The van der Waals surface area contributed by atoms with Gasteiger partial charge in [-0.3, -0.25) is 0 Å². The van der Waals surface area contributed by atoms with Crippen molar-refractivity contribution in [2.75, 3.05) is 31.6 Å². The standard InChI is InChI=1S/C20H22F4N4O/c1-27-8-3-4-14(27)12-29-19-25-10-13-7-9-28(11-16(13)26-19)17-6-2-5-15(21)18(17)20(22,23)24/h2,5-6,10,14H,3-4,7-9,11-12H2,1H3/t14-/m1/s1. The second-order valence-electron chi connectivity index (χ2n) is 7.52. The molecule has 2 aliphatic heterocycles. The van der Waals surface area contributed by atoms with Gasteiger partial charge in [-0.05, 0) is 50.6 Å². The fraction of sp³-hybridized carbons (Fsp3) is 0.500. The van der Waals surface area contributed by atoms with Gasteiger partial charge in [-0.15, -0.1) is 0 Å². The SMILES string of the molecule is CN1CCC[C@@H]1COc1ncc2c(n1)CN(c1cccc(F)c1C(F)(F)F)CC2. The van der Waals surface area contributed by atoms with Crippen molar-refractivity contribution in [1.29, 1.82) is 0 Å². The van der Waals surface area contributed by atoms with Crippen LogP contribution in [0.3, 0.4) is 0 Å². The van der Waals surface area contributed by atoms with Gasteiger partial charge in [0.25, 0.3) is 0 Å². The molecule has 1 fully saturated rings. The number of rotatable bonds is 4. The molecule has 0 saturated carbocycles. The van der Waals surface area contributed by atoms with E-state index in [9.17, 15) is 17.6 Å². The van der Waals surface area contributed by atoms with Crippen LogP contribution in [0.15, 0.2) is 24.4 Å². The van der Waals surface area contributed by atoms with Crippen molar-refractivity contribution >= 4 is 5.69 Å². The number of halogens is 4. The molecule has 1 atom stereocenters. The maximum atomic E-state index is 13.9. The largest absolute Gasteiger partial charge is 0.462 e. The Morgan fingerprint density at radius 2 is 2.07 bits per heavy atom. The summed E-state index contributed by atoms with van der Waals surface area (Å²) in [6, 6.07) is 3.96. The van der Waals surface area contributed by atoms with E-state index in [1.54, 1.807) is 6.20 Å². The molecule has 0 amide bonds. The fourth-order valence-electron chi connectivity index (χ4n) is 3.98. The van der Waals surface area contributed by atoms with Crippen LogP contribution in [0, 0.1) is 5.82 Å². The fourth-order valence-corrected chi connectivity index (χ4v) is 3.98. The molecular weight excluding hydrogens is 388 g/mol. The third-order valence-electron chi connectivity index (χ3n) is 5.62. The smallest absolute Gasteiger partial charge is 0.421 e. The summed E-state index contributed by atoms with van der Waals surface area (Å²) in [7, 11) is 2.05. The van der Waals surface area contributed by atoms with Crippen LogP contribution >= 0.6 is 0 Å². The molecule has 9 heteroatoms. The molecule has 3 heterocycles. The van der Waals surface area contributed by atoms with Gasteiger partial charge in [0.1, 0.15) is 18.0 Å². The van der Waals surface area contributed by atoms with Gasteiger partial charge in [0.15, 0.2) is 0 Å². The highest BCUT2D eigenvalue weighted by atomic mass is 19.4. The number of alkyl halides is 3. The minimum Gasteiger partial charge on any atom is -0.462 e. The summed E-state index contributed by atoms with van der Waals surface area (Å²) >= 11 is 0. The third kappa shape index (κ3) is 4.14. The van der Waals surface area contributed by atoms with Crippen molar-refractivity contribution in [2.24, 2.45) is 0 Å². The summed E-state index contributed by atoms with van der Waals surface area (Å²) in [6.45, 7) is 1.98. The molecule has 1 aromatic heterocycles. The Kier molecular flexibility index (Phi) is 5.33. The average molecular weight is 410 g/mol. The van der Waals surface area contributed by atoms with E-state index in [-0.39, 0.29) is 18.2 Å². The zero-order valence-electron chi connectivity index (χ0n) is 16.0. The molecule has 0 N–H and O–H groups in total. The molecule has 1 saturated heterocycles. The van der Waals surface area contributed by atoms with Gasteiger partial charge < -0.3 is 14.5 Å². The van der Waals surface area contributed by atoms with Gasteiger partial charge >= 0.3 is 12.2 Å². The predicted octanol–water partition coefficient (Wildman–Crippen LogP) is 3.67. The summed E-state index contributed by atoms with van der Waals surface area (Å²) in [4.78, 5) is 12.4. The van der Waals surface area contributed by atoms with Gasteiger partial charge in [0.05, 0.1) is 17.9 Å². The number of likely N-dealkylation sites (tertiary alicyclic amines) is 1. The van der Waals surface area contributed by atoms with E-state index >= 15 is 0 Å². The van der Waals surface area contributed by atoms with Gasteiger partial charge in [-0.25, -0.2) is 9.37 Å². The summed E-state index contributed by atoms with van der Waals surface area (Å²) in [6.07, 6.45) is -0.443. The van der Waals surface area contributed by atoms with Crippen LogP contribution in [-0.2, 0) is 19.1 Å². The van der Waals surface area contributed by atoms with E-state index in [0.717, 1.165) is 31.0 Å². The minimum absolute atomic E-state index is 0.143. The number of likely N-dealkylation sites (N-methyl/N-ethyl adjacent to an activating group) is 1. The first-order valence-electron chi connectivity index (χ1n) is 9.61. The lowest BCUT2D eigenvalue weighted by Gasteiger charge is -2.32. The van der Waals surface area contributed by atoms with E-state index in [1.807, 2.05) is 7.05 Å². The van der Waals surface area contributed by atoms with Crippen molar-refractivity contribution in [3.63, 3.8) is 0 Å². The summed E-state index contributed by atoms with van der Waals surface area (Å²) < 4.78 is 59.9. The van der Waals surface area contributed by atoms with Crippen LogP contribution in [0.1, 0.15) is 29.7 Å². The molecule has 4 rings (SSSR count). The van der Waals surface area contributed by atoms with Crippen LogP contribution in [0.5, 0.6) is 6.01 Å². The second kappa shape index (κ2) is 7.78. The van der Waals surface area contributed by atoms with Gasteiger partial charge in [0.2, 0.25) is 0 Å². The molecule has 156 valence electrons. The molecule has 0 bridgehead atoms. The maximum absolute atomic E-state index is 13.9. The highest BCUT2D eigenvalue weighted by Crippen LogP contribution is 2.39. The number of aromatic nitrogens is 2. The number of hydrogen-bond acceptors (Lipinski definition) is 5. The van der Waals surface area contributed by atoms with Crippen LogP contribution < -0.4 is 9.64 Å². The number of ether oxygens (including phenoxy) is 1. The van der Waals surface area contributed by atoms with E-state index < -0.39 is 17.6 Å². The van der Waals surface area contributed by atoms with Crippen LogP contribution in [0.4, 0.5) is 23.2 Å². The molecule has 5 nitrogen and oxygen atoms in total. The lowest BCUT2D eigenvalue weighted by atomic mass is 10.0. The molecule has 0 aliphatic carbocycles. The first-order valence-corrected chi connectivity index (χ1v) is 9.61. The van der Waals surface area contributed by atoms with Crippen LogP contribution in [0.2, 0.25) is 0 Å². The predicted molar refractivity (Wildman–Crippen MR) is 99.3 cm³/mol. The van der Waals surface area contributed by atoms with Crippen molar-refractivity contribution in [2.45, 2.75) is 38.0 Å². The number of hydrogen-bond donors (Lipinski definition) is 0. The lowest BCUT2D eigenvalue weighted by molar-refractivity contribution is -0.139. The molecule has 0 unspecified atom stereocenters. The molecule has 0 spiro atoms. The topological polar surface area (TPSA) is 41.5 Å².